The second-order valence-electron chi connectivity index (χ2n) is 4.77. The van der Waals surface area contributed by atoms with Gasteiger partial charge in [-0.1, -0.05) is 18.2 Å². The van der Waals surface area contributed by atoms with Gasteiger partial charge in [0.25, 0.3) is 5.82 Å². The van der Waals surface area contributed by atoms with E-state index in [2.05, 4.69) is 10.1 Å². The number of benzene rings is 1. The van der Waals surface area contributed by atoms with Crippen molar-refractivity contribution in [1.82, 2.24) is 14.8 Å². The molecule has 0 N–H and O–H groups in total. The molecule has 1 aromatic carbocycles. The van der Waals surface area contributed by atoms with Crippen molar-refractivity contribution in [3.63, 3.8) is 0 Å². The predicted octanol–water partition coefficient (Wildman–Crippen LogP) is 1.98. The number of amides is 1. The third-order valence-corrected chi connectivity index (χ3v) is 3.20. The molecule has 0 aliphatic heterocycles. The molecule has 0 aliphatic rings. The molecule has 1 amide bonds. The molecule has 7 nitrogen and oxygen atoms in total. The van der Waals surface area contributed by atoms with E-state index in [-0.39, 0.29) is 18.3 Å². The number of carbonyl (C=O) groups is 1. The summed E-state index contributed by atoms with van der Waals surface area (Å²) in [6.07, 6.45) is 2.94. The summed E-state index contributed by atoms with van der Waals surface area (Å²) < 4.78 is 6.68. The van der Waals surface area contributed by atoms with Gasteiger partial charge in [-0.15, -0.1) is 5.10 Å². The second-order valence-corrected chi connectivity index (χ2v) is 4.77. The number of para-hydroxylation sites is 1. The summed E-state index contributed by atoms with van der Waals surface area (Å²) in [4.78, 5) is 18.1. The lowest BCUT2D eigenvalue weighted by Gasteiger charge is -2.21. The van der Waals surface area contributed by atoms with E-state index in [1.54, 1.807) is 17.2 Å². The van der Waals surface area contributed by atoms with Crippen LogP contribution in [0.25, 0.3) is 0 Å². The standard InChI is InChI=1S/C16H13N5O2/c17-9-15-18-12-20(19-15)11-16(22)21(10-14-7-4-8-23-14)13-5-2-1-3-6-13/h1-8,12H,10-11H2. The molecular formula is C16H13N5O2. The molecule has 23 heavy (non-hydrogen) atoms. The molecule has 0 aliphatic carbocycles. The second kappa shape index (κ2) is 6.58. The summed E-state index contributed by atoms with van der Waals surface area (Å²) in [7, 11) is 0. The smallest absolute Gasteiger partial charge is 0.252 e. The normalized spacial score (nSPS) is 10.2. The van der Waals surface area contributed by atoms with E-state index in [4.69, 9.17) is 9.68 Å². The van der Waals surface area contributed by atoms with Gasteiger partial charge in [-0.3, -0.25) is 4.79 Å². The maximum absolute atomic E-state index is 12.6. The van der Waals surface area contributed by atoms with Crippen molar-refractivity contribution in [3.8, 4) is 6.07 Å². The number of hydrogen-bond donors (Lipinski definition) is 0. The summed E-state index contributed by atoms with van der Waals surface area (Å²) in [6.45, 7) is 0.305. The van der Waals surface area contributed by atoms with Crippen LogP contribution in [-0.4, -0.2) is 20.7 Å². The minimum absolute atomic E-state index is 0.00964. The maximum Gasteiger partial charge on any atom is 0.252 e. The Morgan fingerprint density at radius 2 is 2.09 bits per heavy atom. The third kappa shape index (κ3) is 3.44. The van der Waals surface area contributed by atoms with E-state index in [1.807, 2.05) is 42.5 Å². The van der Waals surface area contributed by atoms with Crippen molar-refractivity contribution in [2.45, 2.75) is 13.1 Å². The highest BCUT2D eigenvalue weighted by molar-refractivity contribution is 5.92. The first kappa shape index (κ1) is 14.5. The minimum Gasteiger partial charge on any atom is -0.467 e. The zero-order valence-electron chi connectivity index (χ0n) is 12.2. The van der Waals surface area contributed by atoms with Gasteiger partial charge in [0, 0.05) is 5.69 Å². The highest BCUT2D eigenvalue weighted by Crippen LogP contribution is 2.17. The summed E-state index contributed by atoms with van der Waals surface area (Å²) >= 11 is 0. The van der Waals surface area contributed by atoms with Gasteiger partial charge >= 0.3 is 0 Å². The van der Waals surface area contributed by atoms with Gasteiger partial charge < -0.3 is 9.32 Å². The third-order valence-electron chi connectivity index (χ3n) is 3.20. The summed E-state index contributed by atoms with van der Waals surface area (Å²) in [5, 5.41) is 12.7. The molecule has 0 atom stereocenters. The van der Waals surface area contributed by atoms with Crippen molar-refractivity contribution in [2.24, 2.45) is 0 Å². The monoisotopic (exact) mass is 307 g/mol. The van der Waals surface area contributed by atoms with Crippen molar-refractivity contribution in [1.29, 1.82) is 5.26 Å². The van der Waals surface area contributed by atoms with Crippen molar-refractivity contribution < 1.29 is 9.21 Å². The molecule has 0 saturated carbocycles. The van der Waals surface area contributed by atoms with Crippen molar-refractivity contribution in [2.75, 3.05) is 4.90 Å². The number of carbonyl (C=O) groups excluding carboxylic acids is 1. The van der Waals surface area contributed by atoms with Gasteiger partial charge in [0.2, 0.25) is 5.91 Å². The van der Waals surface area contributed by atoms with Crippen LogP contribution >= 0.6 is 0 Å². The Bertz CT molecular complexity index is 818. The van der Waals surface area contributed by atoms with E-state index in [0.29, 0.717) is 12.3 Å². The van der Waals surface area contributed by atoms with Crippen LogP contribution in [0.3, 0.4) is 0 Å². The lowest BCUT2D eigenvalue weighted by Crippen LogP contribution is -2.33. The molecule has 0 saturated heterocycles. The number of nitrogens with zero attached hydrogens (tertiary/aromatic N) is 5. The summed E-state index contributed by atoms with van der Waals surface area (Å²) in [6, 6.07) is 14.7. The Kier molecular flexibility index (Phi) is 4.16. The Labute approximate surface area is 132 Å². The average Bonchev–Trinajstić information content (AvgIpc) is 3.24. The van der Waals surface area contributed by atoms with Crippen LogP contribution in [0, 0.1) is 11.3 Å². The van der Waals surface area contributed by atoms with Gasteiger partial charge in [0.1, 0.15) is 24.7 Å². The molecule has 7 heteroatoms. The van der Waals surface area contributed by atoms with Crippen molar-refractivity contribution in [3.05, 3.63) is 66.6 Å². The highest BCUT2D eigenvalue weighted by atomic mass is 16.3. The van der Waals surface area contributed by atoms with Gasteiger partial charge in [-0.05, 0) is 24.3 Å². The van der Waals surface area contributed by atoms with E-state index in [1.165, 1.54) is 11.0 Å². The van der Waals surface area contributed by atoms with Crippen LogP contribution < -0.4 is 4.90 Å². The van der Waals surface area contributed by atoms with E-state index in [9.17, 15) is 4.79 Å². The van der Waals surface area contributed by atoms with Gasteiger partial charge in [-0.25, -0.2) is 9.67 Å². The number of anilines is 1. The van der Waals surface area contributed by atoms with Crippen LogP contribution in [0.4, 0.5) is 5.69 Å². The number of furan rings is 1. The summed E-state index contributed by atoms with van der Waals surface area (Å²) in [5.41, 5.74) is 0.759. The molecule has 0 fully saturated rings. The molecule has 0 spiro atoms. The number of hydrogen-bond acceptors (Lipinski definition) is 5. The molecule has 3 aromatic rings. The lowest BCUT2D eigenvalue weighted by atomic mass is 10.2. The minimum atomic E-state index is -0.179. The maximum atomic E-state index is 12.6. The average molecular weight is 307 g/mol. The molecular weight excluding hydrogens is 294 g/mol. The van der Waals surface area contributed by atoms with E-state index in [0.717, 1.165) is 5.69 Å². The van der Waals surface area contributed by atoms with Gasteiger partial charge in [0.15, 0.2) is 0 Å². The molecule has 0 bridgehead atoms. The summed E-state index contributed by atoms with van der Waals surface area (Å²) in [5.74, 6) is 0.538. The van der Waals surface area contributed by atoms with Crippen LogP contribution in [0.5, 0.6) is 0 Å². The fourth-order valence-corrected chi connectivity index (χ4v) is 2.14. The first-order valence-corrected chi connectivity index (χ1v) is 6.93. The molecule has 2 heterocycles. The fraction of sp³-hybridized carbons (Fsp3) is 0.125. The first-order chi connectivity index (χ1) is 11.3. The SMILES string of the molecule is N#Cc1ncn(CC(=O)N(Cc2ccco2)c2ccccc2)n1. The van der Waals surface area contributed by atoms with Gasteiger partial charge in [0.05, 0.1) is 12.8 Å². The highest BCUT2D eigenvalue weighted by Gasteiger charge is 2.18. The van der Waals surface area contributed by atoms with Gasteiger partial charge in [-0.2, -0.15) is 5.26 Å². The quantitative estimate of drug-likeness (QED) is 0.719. The number of aromatic nitrogens is 3. The molecule has 3 rings (SSSR count). The largest absolute Gasteiger partial charge is 0.467 e. The Balaban J connectivity index is 1.82. The van der Waals surface area contributed by atoms with Crippen LogP contribution in [0.1, 0.15) is 11.6 Å². The molecule has 0 unspecified atom stereocenters. The Morgan fingerprint density at radius 1 is 1.26 bits per heavy atom. The van der Waals surface area contributed by atoms with E-state index >= 15 is 0 Å². The lowest BCUT2D eigenvalue weighted by molar-refractivity contribution is -0.119. The zero-order chi connectivity index (χ0) is 16.1. The topological polar surface area (TPSA) is 88.0 Å². The Morgan fingerprint density at radius 3 is 2.74 bits per heavy atom. The fourth-order valence-electron chi connectivity index (χ4n) is 2.14. The predicted molar refractivity (Wildman–Crippen MR) is 81.1 cm³/mol. The van der Waals surface area contributed by atoms with E-state index < -0.39 is 0 Å². The molecule has 0 radical (unpaired) electrons. The Hall–Kier alpha value is -3.40. The molecule has 2 aromatic heterocycles. The zero-order valence-corrected chi connectivity index (χ0v) is 12.2. The van der Waals surface area contributed by atoms with Crippen LogP contribution in [0.15, 0.2) is 59.5 Å². The van der Waals surface area contributed by atoms with Crippen molar-refractivity contribution >= 4 is 11.6 Å². The number of nitriles is 1. The van der Waals surface area contributed by atoms with Crippen LogP contribution in [-0.2, 0) is 17.9 Å². The number of rotatable bonds is 5. The molecule has 114 valence electrons. The van der Waals surface area contributed by atoms with Crippen LogP contribution in [0.2, 0.25) is 0 Å². The first-order valence-electron chi connectivity index (χ1n) is 6.93.